The Kier molecular flexibility index (Phi) is 3.43. The van der Waals surface area contributed by atoms with Crippen LogP contribution in [0.25, 0.3) is 0 Å². The highest BCUT2D eigenvalue weighted by Gasteiger charge is 2.16. The molecule has 0 aromatic carbocycles. The van der Waals surface area contributed by atoms with E-state index in [-0.39, 0.29) is 10.6 Å². The second kappa shape index (κ2) is 5.02. The zero-order valence-corrected chi connectivity index (χ0v) is 10.3. The van der Waals surface area contributed by atoms with Crippen molar-refractivity contribution in [1.82, 2.24) is 9.97 Å². The van der Waals surface area contributed by atoms with Gasteiger partial charge in [0.05, 0.1) is 17.4 Å². The molecule has 0 atom stereocenters. The molecular weight excluding hydrogens is 270 g/mol. The maximum absolute atomic E-state index is 11.9. The Morgan fingerprint density at radius 1 is 1.21 bits per heavy atom. The zero-order valence-electron chi connectivity index (χ0n) is 9.52. The van der Waals surface area contributed by atoms with Gasteiger partial charge in [0.15, 0.2) is 5.03 Å². The molecule has 0 bridgehead atoms. The maximum atomic E-state index is 11.9. The zero-order chi connectivity index (χ0) is 13.9. The number of carboxylic acids is 1. The lowest BCUT2D eigenvalue weighted by molar-refractivity contribution is 0.0696. The molecule has 0 saturated heterocycles. The van der Waals surface area contributed by atoms with Gasteiger partial charge in [-0.05, 0) is 24.3 Å². The molecule has 2 aromatic heterocycles. The first-order valence-electron chi connectivity index (χ1n) is 5.11. The van der Waals surface area contributed by atoms with Crippen molar-refractivity contribution in [2.45, 2.75) is 5.03 Å². The van der Waals surface area contributed by atoms with E-state index in [1.807, 2.05) is 0 Å². The first kappa shape index (κ1) is 13.0. The second-order valence-electron chi connectivity index (χ2n) is 3.54. The highest BCUT2D eigenvalue weighted by Crippen LogP contribution is 2.13. The number of nitrogens with zero attached hydrogens (tertiary/aromatic N) is 2. The molecule has 19 heavy (non-hydrogen) atoms. The lowest BCUT2D eigenvalue weighted by Crippen LogP contribution is -2.15. The van der Waals surface area contributed by atoms with Gasteiger partial charge >= 0.3 is 5.97 Å². The number of carbonyl (C=O) groups is 1. The molecule has 2 heterocycles. The van der Waals surface area contributed by atoms with Crippen LogP contribution in [-0.4, -0.2) is 29.5 Å². The highest BCUT2D eigenvalue weighted by atomic mass is 32.2. The van der Waals surface area contributed by atoms with Crippen LogP contribution in [0.2, 0.25) is 0 Å². The van der Waals surface area contributed by atoms with Crippen LogP contribution in [0.4, 0.5) is 5.69 Å². The molecule has 7 nitrogen and oxygen atoms in total. The van der Waals surface area contributed by atoms with E-state index in [1.54, 1.807) is 6.07 Å². The smallest absolute Gasteiger partial charge is 0.337 e. The average Bonchev–Trinajstić information content (AvgIpc) is 2.39. The van der Waals surface area contributed by atoms with E-state index < -0.39 is 16.0 Å². The third-order valence-corrected chi connectivity index (χ3v) is 3.47. The van der Waals surface area contributed by atoms with Crippen LogP contribution in [0.15, 0.2) is 47.9 Å². The van der Waals surface area contributed by atoms with Crippen LogP contribution < -0.4 is 4.72 Å². The summed E-state index contributed by atoms with van der Waals surface area (Å²) in [4.78, 5) is 18.0. The number of sulfonamides is 1. The Morgan fingerprint density at radius 3 is 2.53 bits per heavy atom. The number of hydrogen-bond donors (Lipinski definition) is 2. The minimum absolute atomic E-state index is 0.0830. The average molecular weight is 279 g/mol. The Balaban J connectivity index is 2.27. The van der Waals surface area contributed by atoms with Crippen molar-refractivity contribution in [3.63, 3.8) is 0 Å². The van der Waals surface area contributed by atoms with Gasteiger partial charge in [-0.1, -0.05) is 0 Å². The largest absolute Gasteiger partial charge is 0.478 e. The molecule has 2 N–H and O–H groups in total. The predicted octanol–water partition coefficient (Wildman–Crippen LogP) is 0.976. The van der Waals surface area contributed by atoms with Gasteiger partial charge in [0, 0.05) is 12.4 Å². The number of aromatic carboxylic acids is 1. The van der Waals surface area contributed by atoms with Crippen molar-refractivity contribution >= 4 is 21.7 Å². The van der Waals surface area contributed by atoms with Crippen LogP contribution >= 0.6 is 0 Å². The van der Waals surface area contributed by atoms with Crippen LogP contribution in [-0.2, 0) is 10.0 Å². The molecule has 0 aliphatic rings. The summed E-state index contributed by atoms with van der Waals surface area (Å²) in [6, 6.07) is 5.42. The summed E-state index contributed by atoms with van der Waals surface area (Å²) in [7, 11) is -3.85. The molecule has 98 valence electrons. The van der Waals surface area contributed by atoms with E-state index in [2.05, 4.69) is 14.7 Å². The van der Waals surface area contributed by atoms with Gasteiger partial charge in [-0.25, -0.2) is 9.78 Å². The molecule has 0 amide bonds. The van der Waals surface area contributed by atoms with Crippen LogP contribution in [0.5, 0.6) is 0 Å². The Labute approximate surface area is 109 Å². The standard InChI is InChI=1S/C11H9N3O4S/c15-11(16)8-3-4-10(13-6-8)19(17,18)14-9-2-1-5-12-7-9/h1-7,14H,(H,15,16). The van der Waals surface area contributed by atoms with Crippen LogP contribution in [0.3, 0.4) is 0 Å². The van der Waals surface area contributed by atoms with E-state index >= 15 is 0 Å². The molecule has 0 unspecified atom stereocenters. The first-order valence-corrected chi connectivity index (χ1v) is 6.59. The molecule has 2 aromatic rings. The summed E-state index contributed by atoms with van der Waals surface area (Å²) in [6.45, 7) is 0. The number of aromatic nitrogens is 2. The third-order valence-electron chi connectivity index (χ3n) is 2.17. The minimum atomic E-state index is -3.85. The van der Waals surface area contributed by atoms with Crippen molar-refractivity contribution in [2.75, 3.05) is 4.72 Å². The summed E-state index contributed by atoms with van der Waals surface area (Å²) in [6.07, 6.45) is 3.85. The monoisotopic (exact) mass is 279 g/mol. The topological polar surface area (TPSA) is 109 Å². The summed E-state index contributed by atoms with van der Waals surface area (Å²) < 4.78 is 26.2. The van der Waals surface area contributed by atoms with E-state index in [0.29, 0.717) is 5.69 Å². The second-order valence-corrected chi connectivity index (χ2v) is 5.17. The van der Waals surface area contributed by atoms with Crippen molar-refractivity contribution in [3.8, 4) is 0 Å². The van der Waals surface area contributed by atoms with Gasteiger partial charge < -0.3 is 5.11 Å². The summed E-state index contributed by atoms with van der Waals surface area (Å²) >= 11 is 0. The van der Waals surface area contributed by atoms with Crippen molar-refractivity contribution < 1.29 is 18.3 Å². The molecule has 8 heteroatoms. The first-order chi connectivity index (χ1) is 8.99. The number of hydrogen-bond acceptors (Lipinski definition) is 5. The van der Waals surface area contributed by atoms with Crippen LogP contribution in [0.1, 0.15) is 10.4 Å². The van der Waals surface area contributed by atoms with Crippen LogP contribution in [0, 0.1) is 0 Å². The van der Waals surface area contributed by atoms with Crippen molar-refractivity contribution in [3.05, 3.63) is 48.4 Å². The molecule has 0 spiro atoms. The predicted molar refractivity (Wildman–Crippen MR) is 66.2 cm³/mol. The van der Waals surface area contributed by atoms with Gasteiger partial charge in [-0.15, -0.1) is 0 Å². The van der Waals surface area contributed by atoms with E-state index in [4.69, 9.17) is 5.11 Å². The molecular formula is C11H9N3O4S. The summed E-state index contributed by atoms with van der Waals surface area (Å²) in [5.41, 5.74) is 0.215. The molecule has 0 saturated carbocycles. The maximum Gasteiger partial charge on any atom is 0.337 e. The molecule has 0 aliphatic carbocycles. The van der Waals surface area contributed by atoms with E-state index in [9.17, 15) is 13.2 Å². The Hall–Kier alpha value is -2.48. The molecule has 0 fully saturated rings. The number of carboxylic acid groups (broad SMARTS) is 1. The number of pyridine rings is 2. The van der Waals surface area contributed by atoms with Gasteiger partial charge in [-0.3, -0.25) is 9.71 Å². The molecule has 2 rings (SSSR count). The lowest BCUT2D eigenvalue weighted by Gasteiger charge is -2.06. The lowest BCUT2D eigenvalue weighted by atomic mass is 10.3. The van der Waals surface area contributed by atoms with Crippen molar-refractivity contribution in [2.24, 2.45) is 0 Å². The van der Waals surface area contributed by atoms with Gasteiger partial charge in [0.1, 0.15) is 0 Å². The number of nitrogens with one attached hydrogen (secondary N) is 1. The molecule has 0 radical (unpaired) electrons. The minimum Gasteiger partial charge on any atom is -0.478 e. The van der Waals surface area contributed by atoms with Gasteiger partial charge in [0.2, 0.25) is 0 Å². The Morgan fingerprint density at radius 2 is 2.00 bits per heavy atom. The third kappa shape index (κ3) is 3.05. The van der Waals surface area contributed by atoms with Crippen molar-refractivity contribution in [1.29, 1.82) is 0 Å². The fourth-order valence-corrected chi connectivity index (χ4v) is 2.27. The summed E-state index contributed by atoms with van der Waals surface area (Å²) in [5.74, 6) is -1.17. The van der Waals surface area contributed by atoms with Gasteiger partial charge in [0.25, 0.3) is 10.0 Å². The van der Waals surface area contributed by atoms with E-state index in [0.717, 1.165) is 12.3 Å². The van der Waals surface area contributed by atoms with Gasteiger partial charge in [-0.2, -0.15) is 8.42 Å². The number of anilines is 1. The fourth-order valence-electron chi connectivity index (χ4n) is 1.30. The summed E-state index contributed by atoms with van der Waals surface area (Å²) in [5, 5.41) is 8.44. The quantitative estimate of drug-likeness (QED) is 0.863. The SMILES string of the molecule is O=C(O)c1ccc(S(=O)(=O)Nc2cccnc2)nc1. The fraction of sp³-hybridized carbons (Fsp3) is 0. The normalized spacial score (nSPS) is 10.9. The highest BCUT2D eigenvalue weighted by molar-refractivity contribution is 7.92. The number of rotatable bonds is 4. The van der Waals surface area contributed by atoms with E-state index in [1.165, 1.54) is 24.5 Å². The molecule has 0 aliphatic heterocycles. The Bertz CT molecular complexity index is 684.